The maximum Gasteiger partial charge on any atom is 0.163 e. The van der Waals surface area contributed by atoms with Crippen LogP contribution in [0, 0.1) is 0 Å². The third kappa shape index (κ3) is 2.39. The van der Waals surface area contributed by atoms with Gasteiger partial charge in [0.2, 0.25) is 0 Å². The number of nitrogens with two attached hydrogens (primary N) is 1. The summed E-state index contributed by atoms with van der Waals surface area (Å²) in [4.78, 5) is 2.41. The highest BCUT2D eigenvalue weighted by atomic mass is 16.5. The summed E-state index contributed by atoms with van der Waals surface area (Å²) in [6.07, 6.45) is 10.6. The number of hydrogen-bond acceptors (Lipinski definition) is 4. The molecule has 0 spiro atoms. The van der Waals surface area contributed by atoms with Crippen LogP contribution in [0.5, 0.6) is 0 Å². The molecule has 0 radical (unpaired) electrons. The van der Waals surface area contributed by atoms with Gasteiger partial charge >= 0.3 is 0 Å². The maximum atomic E-state index is 5.97. The molecule has 100 valence electrons. The number of anilines is 1. The van der Waals surface area contributed by atoms with Gasteiger partial charge in [0.25, 0.3) is 0 Å². The minimum atomic E-state index is 0.374. The fourth-order valence-corrected chi connectivity index (χ4v) is 3.27. The van der Waals surface area contributed by atoms with E-state index in [4.69, 9.17) is 10.3 Å². The van der Waals surface area contributed by atoms with Crippen LogP contribution in [-0.4, -0.2) is 24.3 Å². The molecule has 1 aliphatic carbocycles. The van der Waals surface area contributed by atoms with Gasteiger partial charge in [-0.3, -0.25) is 0 Å². The predicted molar refractivity (Wildman–Crippen MR) is 71.8 cm³/mol. The first-order valence-corrected chi connectivity index (χ1v) is 7.29. The Balaban J connectivity index is 1.74. The van der Waals surface area contributed by atoms with Crippen molar-refractivity contribution in [3.8, 4) is 0 Å². The standard InChI is InChI=1S/C14H23N3O/c15-12-6-8-17(9-7-12)13-10-16-18-14(13)11-4-2-1-3-5-11/h10-12H,1-9,15H2. The monoisotopic (exact) mass is 249 g/mol. The van der Waals surface area contributed by atoms with Crippen LogP contribution in [0.25, 0.3) is 0 Å². The number of aromatic nitrogens is 1. The Labute approximate surface area is 108 Å². The van der Waals surface area contributed by atoms with Crippen molar-refractivity contribution >= 4 is 5.69 Å². The molecule has 0 aromatic carbocycles. The van der Waals surface area contributed by atoms with Gasteiger partial charge in [0.1, 0.15) is 5.69 Å². The number of rotatable bonds is 2. The Bertz CT molecular complexity index is 376. The number of piperidine rings is 1. The summed E-state index contributed by atoms with van der Waals surface area (Å²) < 4.78 is 5.56. The van der Waals surface area contributed by atoms with E-state index >= 15 is 0 Å². The van der Waals surface area contributed by atoms with E-state index in [1.165, 1.54) is 37.8 Å². The molecule has 0 amide bonds. The van der Waals surface area contributed by atoms with E-state index in [0.29, 0.717) is 12.0 Å². The summed E-state index contributed by atoms with van der Waals surface area (Å²) in [5.41, 5.74) is 7.20. The van der Waals surface area contributed by atoms with Crippen molar-refractivity contribution in [2.24, 2.45) is 5.73 Å². The van der Waals surface area contributed by atoms with Crippen LogP contribution in [-0.2, 0) is 0 Å². The number of hydrogen-bond donors (Lipinski definition) is 1. The molecule has 3 rings (SSSR count). The quantitative estimate of drug-likeness (QED) is 0.875. The van der Waals surface area contributed by atoms with E-state index < -0.39 is 0 Å². The third-order valence-electron chi connectivity index (χ3n) is 4.43. The van der Waals surface area contributed by atoms with Gasteiger partial charge in [0, 0.05) is 25.0 Å². The highest BCUT2D eigenvalue weighted by molar-refractivity contribution is 5.49. The first-order valence-electron chi connectivity index (χ1n) is 7.29. The van der Waals surface area contributed by atoms with Gasteiger partial charge < -0.3 is 15.2 Å². The second-order valence-electron chi connectivity index (χ2n) is 5.73. The van der Waals surface area contributed by atoms with Crippen LogP contribution in [0.2, 0.25) is 0 Å². The average Bonchev–Trinajstić information content (AvgIpc) is 2.90. The van der Waals surface area contributed by atoms with Crippen LogP contribution in [0.15, 0.2) is 10.7 Å². The summed E-state index contributed by atoms with van der Waals surface area (Å²) in [6.45, 7) is 2.09. The molecule has 0 atom stereocenters. The van der Waals surface area contributed by atoms with E-state index in [1.807, 2.05) is 6.20 Å². The van der Waals surface area contributed by atoms with Crippen molar-refractivity contribution < 1.29 is 4.52 Å². The van der Waals surface area contributed by atoms with Gasteiger partial charge in [0.05, 0.1) is 6.20 Å². The molecule has 0 bridgehead atoms. The molecule has 2 fully saturated rings. The van der Waals surface area contributed by atoms with E-state index in [1.54, 1.807) is 0 Å². The van der Waals surface area contributed by atoms with Gasteiger partial charge in [0.15, 0.2) is 5.76 Å². The summed E-state index contributed by atoms with van der Waals surface area (Å²) in [5, 5.41) is 4.04. The summed E-state index contributed by atoms with van der Waals surface area (Å²) >= 11 is 0. The molecule has 4 nitrogen and oxygen atoms in total. The van der Waals surface area contributed by atoms with Crippen LogP contribution in [0.4, 0.5) is 5.69 Å². The smallest absolute Gasteiger partial charge is 0.163 e. The van der Waals surface area contributed by atoms with Gasteiger partial charge in [-0.05, 0) is 25.7 Å². The fraction of sp³-hybridized carbons (Fsp3) is 0.786. The number of nitrogens with zero attached hydrogens (tertiary/aromatic N) is 2. The lowest BCUT2D eigenvalue weighted by atomic mass is 9.87. The van der Waals surface area contributed by atoms with Crippen molar-refractivity contribution in [3.63, 3.8) is 0 Å². The zero-order chi connectivity index (χ0) is 12.4. The van der Waals surface area contributed by atoms with Gasteiger partial charge in [-0.25, -0.2) is 0 Å². The second kappa shape index (κ2) is 5.31. The molecule has 1 saturated carbocycles. The van der Waals surface area contributed by atoms with Crippen molar-refractivity contribution in [3.05, 3.63) is 12.0 Å². The molecule has 2 heterocycles. The first-order chi connectivity index (χ1) is 8.84. The van der Waals surface area contributed by atoms with Crippen LogP contribution in [0.3, 0.4) is 0 Å². The molecule has 18 heavy (non-hydrogen) atoms. The molecule has 2 aliphatic rings. The Morgan fingerprint density at radius 2 is 1.83 bits per heavy atom. The Morgan fingerprint density at radius 1 is 1.11 bits per heavy atom. The highest BCUT2D eigenvalue weighted by Gasteiger charge is 2.27. The van der Waals surface area contributed by atoms with Crippen LogP contribution >= 0.6 is 0 Å². The van der Waals surface area contributed by atoms with Crippen molar-refractivity contribution in [1.29, 1.82) is 0 Å². The summed E-state index contributed by atoms with van der Waals surface area (Å²) in [7, 11) is 0. The van der Waals surface area contributed by atoms with E-state index in [2.05, 4.69) is 10.1 Å². The van der Waals surface area contributed by atoms with Crippen molar-refractivity contribution in [2.75, 3.05) is 18.0 Å². The molecule has 0 unspecified atom stereocenters. The maximum absolute atomic E-state index is 5.97. The lowest BCUT2D eigenvalue weighted by Crippen LogP contribution is -2.40. The van der Waals surface area contributed by atoms with Crippen LogP contribution in [0.1, 0.15) is 56.6 Å². The topological polar surface area (TPSA) is 55.3 Å². The summed E-state index contributed by atoms with van der Waals surface area (Å²) in [6, 6.07) is 0.374. The fourth-order valence-electron chi connectivity index (χ4n) is 3.27. The molecule has 4 heteroatoms. The Kier molecular flexibility index (Phi) is 3.55. The third-order valence-corrected chi connectivity index (χ3v) is 4.43. The van der Waals surface area contributed by atoms with E-state index in [9.17, 15) is 0 Å². The molecule has 1 aromatic rings. The zero-order valence-corrected chi connectivity index (χ0v) is 11.0. The molecular formula is C14H23N3O. The largest absolute Gasteiger partial charge is 0.367 e. The molecule has 1 saturated heterocycles. The minimum absolute atomic E-state index is 0.374. The Morgan fingerprint density at radius 3 is 2.56 bits per heavy atom. The first kappa shape index (κ1) is 12.0. The molecule has 2 N–H and O–H groups in total. The lowest BCUT2D eigenvalue weighted by molar-refractivity contribution is 0.321. The highest BCUT2D eigenvalue weighted by Crippen LogP contribution is 2.38. The summed E-state index contributed by atoms with van der Waals surface area (Å²) in [5.74, 6) is 1.72. The lowest BCUT2D eigenvalue weighted by Gasteiger charge is -2.32. The van der Waals surface area contributed by atoms with Crippen LogP contribution < -0.4 is 10.6 Å². The molecule has 1 aromatic heterocycles. The SMILES string of the molecule is NC1CCN(c2cnoc2C2CCCCC2)CC1. The second-order valence-corrected chi connectivity index (χ2v) is 5.73. The van der Waals surface area contributed by atoms with Gasteiger partial charge in [-0.15, -0.1) is 0 Å². The van der Waals surface area contributed by atoms with Gasteiger partial charge in [-0.2, -0.15) is 0 Å². The van der Waals surface area contributed by atoms with Crippen molar-refractivity contribution in [1.82, 2.24) is 5.16 Å². The zero-order valence-electron chi connectivity index (χ0n) is 11.0. The van der Waals surface area contributed by atoms with Crippen molar-refractivity contribution in [2.45, 2.75) is 56.9 Å². The molecule has 1 aliphatic heterocycles. The van der Waals surface area contributed by atoms with E-state index in [0.717, 1.165) is 31.7 Å². The molecular weight excluding hydrogens is 226 g/mol. The Hall–Kier alpha value is -1.03. The van der Waals surface area contributed by atoms with E-state index in [-0.39, 0.29) is 0 Å². The average molecular weight is 249 g/mol. The van der Waals surface area contributed by atoms with Gasteiger partial charge in [-0.1, -0.05) is 24.4 Å². The minimum Gasteiger partial charge on any atom is -0.367 e. The normalized spacial score (nSPS) is 23.5. The predicted octanol–water partition coefficient (Wildman–Crippen LogP) is 2.65.